The predicted molar refractivity (Wildman–Crippen MR) is 102 cm³/mol. The average Bonchev–Trinajstić information content (AvgIpc) is 3.18. The lowest BCUT2D eigenvalue weighted by molar-refractivity contribution is 0.00578. The number of nitrogens with one attached hydrogen (secondary N) is 1. The van der Waals surface area contributed by atoms with Gasteiger partial charge in [0, 0.05) is 11.7 Å². The molecule has 1 aliphatic rings. The summed E-state index contributed by atoms with van der Waals surface area (Å²) in [5.41, 5.74) is 1.63. The maximum absolute atomic E-state index is 6.10. The summed E-state index contributed by atoms with van der Waals surface area (Å²) in [6.07, 6.45) is 3.45. The lowest BCUT2D eigenvalue weighted by Gasteiger charge is -2.32. The van der Waals surface area contributed by atoms with Gasteiger partial charge in [-0.2, -0.15) is 4.68 Å². The number of anilines is 2. The molecule has 138 valence electrons. The van der Waals surface area contributed by atoms with Crippen molar-refractivity contribution in [2.75, 3.05) is 5.32 Å². The van der Waals surface area contributed by atoms with Crippen molar-refractivity contribution < 1.29 is 9.31 Å². The molecule has 8 nitrogen and oxygen atoms in total. The number of aromatic nitrogens is 5. The molecule has 0 aliphatic carbocycles. The Morgan fingerprint density at radius 2 is 1.70 bits per heavy atom. The molecule has 1 N–H and O–H groups in total. The molecule has 2 aromatic heterocycles. The van der Waals surface area contributed by atoms with Gasteiger partial charge in [0.15, 0.2) is 0 Å². The Morgan fingerprint density at radius 3 is 2.41 bits per heavy atom. The van der Waals surface area contributed by atoms with Crippen LogP contribution in [0.25, 0.3) is 5.69 Å². The number of nitrogens with zero attached hydrogens (tertiary/aromatic N) is 5. The van der Waals surface area contributed by atoms with E-state index in [-0.39, 0.29) is 0 Å². The highest BCUT2D eigenvalue weighted by Crippen LogP contribution is 2.36. The van der Waals surface area contributed by atoms with E-state index in [1.807, 2.05) is 64.1 Å². The van der Waals surface area contributed by atoms with Crippen molar-refractivity contribution in [2.45, 2.75) is 38.9 Å². The number of para-hydroxylation sites is 1. The average molecular weight is 364 g/mol. The molecule has 0 radical (unpaired) electrons. The van der Waals surface area contributed by atoms with E-state index in [4.69, 9.17) is 9.31 Å². The van der Waals surface area contributed by atoms with E-state index >= 15 is 0 Å². The van der Waals surface area contributed by atoms with E-state index in [0.29, 0.717) is 5.95 Å². The summed E-state index contributed by atoms with van der Waals surface area (Å²) in [5.74, 6) is 0.495. The minimum Gasteiger partial charge on any atom is -0.399 e. The van der Waals surface area contributed by atoms with E-state index in [9.17, 15) is 0 Å². The third-order valence-corrected chi connectivity index (χ3v) is 5.01. The van der Waals surface area contributed by atoms with Crippen molar-refractivity contribution in [3.8, 4) is 5.69 Å². The number of hydrogen-bond acceptors (Lipinski definition) is 7. The van der Waals surface area contributed by atoms with Crippen LogP contribution in [0.4, 0.5) is 11.6 Å². The van der Waals surface area contributed by atoms with E-state index in [2.05, 4.69) is 25.8 Å². The predicted octanol–water partition coefficient (Wildman–Crippen LogP) is 2.10. The number of rotatable bonds is 4. The van der Waals surface area contributed by atoms with Crippen molar-refractivity contribution in [3.63, 3.8) is 0 Å². The maximum Gasteiger partial charge on any atom is 0.496 e. The molecule has 0 saturated carbocycles. The molecule has 9 heteroatoms. The van der Waals surface area contributed by atoms with Gasteiger partial charge in [0.1, 0.15) is 0 Å². The SMILES string of the molecule is CC1(C)OB(c2cncc(Nc3nnnn3-c3ccccc3)c2)OC1(C)C. The summed E-state index contributed by atoms with van der Waals surface area (Å²) in [4.78, 5) is 4.31. The quantitative estimate of drug-likeness (QED) is 0.710. The van der Waals surface area contributed by atoms with E-state index in [0.717, 1.165) is 16.8 Å². The van der Waals surface area contributed by atoms with Crippen LogP contribution in [0.2, 0.25) is 0 Å². The highest BCUT2D eigenvalue weighted by atomic mass is 16.7. The lowest BCUT2D eigenvalue weighted by Crippen LogP contribution is -2.41. The Morgan fingerprint density at radius 1 is 1.00 bits per heavy atom. The van der Waals surface area contributed by atoms with Crippen LogP contribution >= 0.6 is 0 Å². The van der Waals surface area contributed by atoms with Crippen molar-refractivity contribution >= 4 is 24.2 Å². The Hall–Kier alpha value is -2.78. The fourth-order valence-corrected chi connectivity index (χ4v) is 2.77. The fraction of sp³-hybridized carbons (Fsp3) is 0.333. The minimum atomic E-state index is -0.477. The Labute approximate surface area is 158 Å². The van der Waals surface area contributed by atoms with Gasteiger partial charge < -0.3 is 14.6 Å². The van der Waals surface area contributed by atoms with Gasteiger partial charge in [-0.05, 0) is 56.3 Å². The van der Waals surface area contributed by atoms with Gasteiger partial charge in [0.25, 0.3) is 5.95 Å². The van der Waals surface area contributed by atoms with Crippen LogP contribution in [-0.2, 0) is 9.31 Å². The molecule has 3 aromatic rings. The molecule has 1 fully saturated rings. The first-order valence-electron chi connectivity index (χ1n) is 8.77. The molecular weight excluding hydrogens is 343 g/mol. The molecule has 27 heavy (non-hydrogen) atoms. The normalized spacial score (nSPS) is 17.9. The van der Waals surface area contributed by atoms with Gasteiger partial charge in [-0.25, -0.2) is 0 Å². The number of hydrogen-bond donors (Lipinski definition) is 1. The van der Waals surface area contributed by atoms with Crippen molar-refractivity contribution in [3.05, 3.63) is 48.8 Å². The first-order chi connectivity index (χ1) is 12.9. The van der Waals surface area contributed by atoms with E-state index in [1.54, 1.807) is 17.1 Å². The molecule has 1 saturated heterocycles. The van der Waals surface area contributed by atoms with Gasteiger partial charge in [-0.15, -0.1) is 0 Å². The van der Waals surface area contributed by atoms with Gasteiger partial charge in [0.05, 0.1) is 28.8 Å². The Bertz CT molecular complexity index is 928. The molecule has 0 bridgehead atoms. The molecule has 1 aromatic carbocycles. The number of benzene rings is 1. The number of pyridine rings is 1. The van der Waals surface area contributed by atoms with Crippen molar-refractivity contribution in [2.24, 2.45) is 0 Å². The molecule has 0 amide bonds. The Balaban J connectivity index is 1.58. The van der Waals surface area contributed by atoms with Crippen LogP contribution in [0, 0.1) is 0 Å². The summed E-state index contributed by atoms with van der Waals surface area (Å²) in [6.45, 7) is 8.10. The second kappa shape index (κ2) is 6.43. The van der Waals surface area contributed by atoms with Crippen LogP contribution in [0.3, 0.4) is 0 Å². The molecule has 0 unspecified atom stereocenters. The second-order valence-electron chi connectivity index (χ2n) is 7.47. The zero-order valence-electron chi connectivity index (χ0n) is 15.7. The molecular formula is C18H21BN6O2. The fourth-order valence-electron chi connectivity index (χ4n) is 2.77. The van der Waals surface area contributed by atoms with Crippen LogP contribution in [0.1, 0.15) is 27.7 Å². The molecule has 0 atom stereocenters. The molecule has 0 spiro atoms. The molecule has 4 rings (SSSR count). The molecule has 3 heterocycles. The smallest absolute Gasteiger partial charge is 0.399 e. The third kappa shape index (κ3) is 3.31. The summed E-state index contributed by atoms with van der Waals surface area (Å²) in [5, 5.41) is 15.1. The largest absolute Gasteiger partial charge is 0.496 e. The summed E-state index contributed by atoms with van der Waals surface area (Å²) in [7, 11) is -0.477. The summed E-state index contributed by atoms with van der Waals surface area (Å²) < 4.78 is 13.8. The highest BCUT2D eigenvalue weighted by Gasteiger charge is 2.51. The Kier molecular flexibility index (Phi) is 4.20. The van der Waals surface area contributed by atoms with Crippen molar-refractivity contribution in [1.82, 2.24) is 25.2 Å². The van der Waals surface area contributed by atoms with Crippen LogP contribution < -0.4 is 10.8 Å². The van der Waals surface area contributed by atoms with E-state index in [1.165, 1.54) is 0 Å². The number of tetrazole rings is 1. The second-order valence-corrected chi connectivity index (χ2v) is 7.47. The van der Waals surface area contributed by atoms with Gasteiger partial charge >= 0.3 is 7.12 Å². The van der Waals surface area contributed by atoms with Gasteiger partial charge in [-0.3, -0.25) is 4.98 Å². The maximum atomic E-state index is 6.10. The molecule has 1 aliphatic heterocycles. The first kappa shape index (κ1) is 17.6. The van der Waals surface area contributed by atoms with Gasteiger partial charge in [0.2, 0.25) is 0 Å². The van der Waals surface area contributed by atoms with Crippen LogP contribution in [0.5, 0.6) is 0 Å². The van der Waals surface area contributed by atoms with Crippen molar-refractivity contribution in [1.29, 1.82) is 0 Å². The first-order valence-corrected chi connectivity index (χ1v) is 8.77. The topological polar surface area (TPSA) is 87.0 Å². The standard InChI is InChI=1S/C18H21BN6O2/c1-17(2)18(3,4)27-19(26-17)13-10-14(12-20-11-13)21-16-22-23-24-25(16)15-8-6-5-7-9-15/h5-12H,1-4H3,(H,21,22,24). The van der Waals surface area contributed by atoms with E-state index < -0.39 is 18.3 Å². The third-order valence-electron chi connectivity index (χ3n) is 5.01. The lowest BCUT2D eigenvalue weighted by atomic mass is 9.80. The monoisotopic (exact) mass is 364 g/mol. The van der Waals surface area contributed by atoms with Crippen LogP contribution in [0.15, 0.2) is 48.8 Å². The highest BCUT2D eigenvalue weighted by molar-refractivity contribution is 6.62. The summed E-state index contributed by atoms with van der Waals surface area (Å²) >= 11 is 0. The minimum absolute atomic E-state index is 0.404. The zero-order chi connectivity index (χ0) is 19.1. The summed E-state index contributed by atoms with van der Waals surface area (Å²) in [6, 6.07) is 11.6. The van der Waals surface area contributed by atoms with Gasteiger partial charge in [-0.1, -0.05) is 23.3 Å². The zero-order valence-corrected chi connectivity index (χ0v) is 15.7. The van der Waals surface area contributed by atoms with Crippen LogP contribution in [-0.4, -0.2) is 43.5 Å².